The number of benzene rings is 2. The van der Waals surface area contributed by atoms with E-state index >= 15 is 0 Å². The zero-order valence-electron chi connectivity index (χ0n) is 14.7. The number of rotatable bonds is 5. The molecule has 0 fully saturated rings. The number of nitro benzene ring substituents is 1. The summed E-state index contributed by atoms with van der Waals surface area (Å²) in [5, 5.41) is 24.1. The first-order chi connectivity index (χ1) is 12.9. The molecule has 0 radical (unpaired) electrons. The Hall–Kier alpha value is -3.75. The highest BCUT2D eigenvalue weighted by Gasteiger charge is 2.28. The highest BCUT2D eigenvalue weighted by atomic mass is 16.6. The fraction of sp³-hybridized carbons (Fsp3) is 0.167. The fourth-order valence-corrected chi connectivity index (χ4v) is 2.80. The average molecular weight is 372 g/mol. The molecule has 3 rings (SSSR count). The number of ether oxygens (including phenoxy) is 3. The van der Waals surface area contributed by atoms with E-state index in [2.05, 4.69) is 5.32 Å². The number of methoxy groups -OCH3 is 3. The van der Waals surface area contributed by atoms with Gasteiger partial charge in [0.2, 0.25) is 5.75 Å². The number of nitrogens with zero attached hydrogens (tertiary/aromatic N) is 1. The van der Waals surface area contributed by atoms with Gasteiger partial charge in [-0.1, -0.05) is 0 Å². The van der Waals surface area contributed by atoms with Gasteiger partial charge in [-0.05, 0) is 18.2 Å². The summed E-state index contributed by atoms with van der Waals surface area (Å²) in [6.45, 7) is 0. The molecule has 0 unspecified atom stereocenters. The highest BCUT2D eigenvalue weighted by molar-refractivity contribution is 6.35. The van der Waals surface area contributed by atoms with E-state index in [0.717, 1.165) is 6.07 Å². The molecule has 0 atom stereocenters. The van der Waals surface area contributed by atoms with E-state index in [4.69, 9.17) is 14.2 Å². The number of carbonyl (C=O) groups is 1. The maximum Gasteiger partial charge on any atom is 0.315 e. The van der Waals surface area contributed by atoms with Crippen LogP contribution >= 0.6 is 0 Å². The molecule has 9 nitrogen and oxygen atoms in total. The van der Waals surface area contributed by atoms with Crippen molar-refractivity contribution in [1.82, 2.24) is 0 Å². The van der Waals surface area contributed by atoms with Gasteiger partial charge in [-0.15, -0.1) is 0 Å². The van der Waals surface area contributed by atoms with Gasteiger partial charge in [-0.3, -0.25) is 14.9 Å². The molecular formula is C18H16N2O7. The molecule has 1 heterocycles. The number of phenolic OH excluding ortho intramolecular Hbond substituents is 1. The van der Waals surface area contributed by atoms with E-state index in [-0.39, 0.29) is 16.9 Å². The van der Waals surface area contributed by atoms with Crippen LogP contribution < -0.4 is 19.5 Å². The van der Waals surface area contributed by atoms with E-state index in [1.165, 1.54) is 33.5 Å². The van der Waals surface area contributed by atoms with E-state index in [0.29, 0.717) is 22.7 Å². The summed E-state index contributed by atoms with van der Waals surface area (Å²) in [6.07, 6.45) is 1.36. The molecule has 2 aromatic rings. The Labute approximate surface area is 153 Å². The second kappa shape index (κ2) is 6.87. The second-order valence-electron chi connectivity index (χ2n) is 5.61. The zero-order chi connectivity index (χ0) is 19.7. The number of hydrogen-bond acceptors (Lipinski definition) is 7. The largest absolute Gasteiger partial charge is 0.502 e. The summed E-state index contributed by atoms with van der Waals surface area (Å²) in [5.41, 5.74) is 0.785. The Balaban J connectivity index is 2.19. The molecule has 0 aliphatic carbocycles. The number of carbonyl (C=O) groups excluding carboxylic acids is 1. The lowest BCUT2D eigenvalue weighted by molar-refractivity contribution is -0.385. The van der Waals surface area contributed by atoms with Gasteiger partial charge in [0.15, 0.2) is 11.5 Å². The molecule has 0 aromatic heterocycles. The van der Waals surface area contributed by atoms with Gasteiger partial charge in [0, 0.05) is 22.8 Å². The molecular weight excluding hydrogens is 356 g/mol. The molecule has 140 valence electrons. The lowest BCUT2D eigenvalue weighted by Gasteiger charge is -2.10. The molecule has 1 amide bonds. The molecule has 1 aliphatic rings. The highest BCUT2D eigenvalue weighted by Crippen LogP contribution is 2.43. The van der Waals surface area contributed by atoms with Crippen molar-refractivity contribution >= 4 is 28.9 Å². The van der Waals surface area contributed by atoms with Crippen LogP contribution in [-0.2, 0) is 4.79 Å². The third-order valence-corrected chi connectivity index (χ3v) is 4.13. The SMILES string of the molecule is COc1cc(C=C2C(=O)Nc3cc(OC)c(OC)cc32)c(O)c([N+](=O)[O-])c1. The van der Waals surface area contributed by atoms with E-state index in [9.17, 15) is 20.0 Å². The lowest BCUT2D eigenvalue weighted by Crippen LogP contribution is -2.03. The summed E-state index contributed by atoms with van der Waals surface area (Å²) >= 11 is 0. The monoisotopic (exact) mass is 372 g/mol. The molecule has 0 saturated carbocycles. The van der Waals surface area contributed by atoms with Gasteiger partial charge >= 0.3 is 5.69 Å². The van der Waals surface area contributed by atoms with Gasteiger partial charge in [-0.2, -0.15) is 0 Å². The Morgan fingerprint density at radius 2 is 1.74 bits per heavy atom. The first-order valence-corrected chi connectivity index (χ1v) is 7.74. The Bertz CT molecular complexity index is 982. The van der Waals surface area contributed by atoms with Crippen LogP contribution in [0.1, 0.15) is 11.1 Å². The number of nitrogens with one attached hydrogen (secondary N) is 1. The standard InChI is InChI=1S/C18H16N2O7/c1-25-10-4-9(17(21)14(6-10)20(23)24)5-12-11-7-15(26-2)16(27-3)8-13(11)19-18(12)22/h4-8,21H,1-3H3,(H,19,22). The maximum atomic E-state index is 12.4. The summed E-state index contributed by atoms with van der Waals surface area (Å²) < 4.78 is 15.5. The molecule has 0 spiro atoms. The quantitative estimate of drug-likeness (QED) is 0.470. The Kier molecular flexibility index (Phi) is 4.59. The molecule has 2 aromatic carbocycles. The molecule has 2 N–H and O–H groups in total. The van der Waals surface area contributed by atoms with Crippen LogP contribution in [-0.4, -0.2) is 37.3 Å². The summed E-state index contributed by atoms with van der Waals surface area (Å²) in [6, 6.07) is 5.74. The topological polar surface area (TPSA) is 120 Å². The molecule has 0 bridgehead atoms. The minimum Gasteiger partial charge on any atom is -0.502 e. The predicted octanol–water partition coefficient (Wildman–Crippen LogP) is 2.82. The molecule has 9 heteroatoms. The Morgan fingerprint density at radius 1 is 1.07 bits per heavy atom. The number of anilines is 1. The van der Waals surface area contributed by atoms with Crippen LogP contribution in [0.2, 0.25) is 0 Å². The maximum absolute atomic E-state index is 12.4. The number of aromatic hydroxyl groups is 1. The van der Waals surface area contributed by atoms with E-state index in [1.807, 2.05) is 0 Å². The van der Waals surface area contributed by atoms with E-state index in [1.54, 1.807) is 12.1 Å². The van der Waals surface area contributed by atoms with Crippen molar-refractivity contribution in [2.24, 2.45) is 0 Å². The van der Waals surface area contributed by atoms with Crippen molar-refractivity contribution in [3.05, 3.63) is 45.5 Å². The third-order valence-electron chi connectivity index (χ3n) is 4.13. The van der Waals surface area contributed by atoms with E-state index < -0.39 is 22.3 Å². The van der Waals surface area contributed by atoms with Crippen LogP contribution in [0.3, 0.4) is 0 Å². The van der Waals surface area contributed by atoms with Crippen molar-refractivity contribution in [3.63, 3.8) is 0 Å². The lowest BCUT2D eigenvalue weighted by atomic mass is 10.0. The normalized spacial score (nSPS) is 13.9. The number of phenols is 1. The zero-order valence-corrected chi connectivity index (χ0v) is 14.7. The van der Waals surface area contributed by atoms with Gasteiger partial charge in [0.1, 0.15) is 5.75 Å². The summed E-state index contributed by atoms with van der Waals surface area (Å²) in [7, 11) is 4.29. The van der Waals surface area contributed by atoms with Crippen molar-refractivity contribution in [2.75, 3.05) is 26.6 Å². The van der Waals surface area contributed by atoms with Crippen molar-refractivity contribution in [1.29, 1.82) is 0 Å². The first kappa shape index (κ1) is 18.1. The van der Waals surface area contributed by atoms with Crippen LogP contribution in [0.4, 0.5) is 11.4 Å². The van der Waals surface area contributed by atoms with Crippen molar-refractivity contribution in [3.8, 4) is 23.0 Å². The number of fused-ring (bicyclic) bond motifs is 1. The Morgan fingerprint density at radius 3 is 2.33 bits per heavy atom. The average Bonchev–Trinajstić information content (AvgIpc) is 2.96. The molecule has 0 saturated heterocycles. The van der Waals surface area contributed by atoms with Crippen LogP contribution in [0.25, 0.3) is 11.6 Å². The van der Waals surface area contributed by atoms with Crippen LogP contribution in [0, 0.1) is 10.1 Å². The van der Waals surface area contributed by atoms with Crippen LogP contribution in [0.5, 0.6) is 23.0 Å². The minimum atomic E-state index is -0.726. The predicted molar refractivity (Wildman–Crippen MR) is 97.4 cm³/mol. The number of amides is 1. The van der Waals surface area contributed by atoms with Crippen molar-refractivity contribution < 1.29 is 29.0 Å². The van der Waals surface area contributed by atoms with Gasteiger partial charge in [0.05, 0.1) is 38.0 Å². The molecule has 1 aliphatic heterocycles. The summed E-state index contributed by atoms with van der Waals surface area (Å²) in [5.74, 6) is 0.0506. The van der Waals surface area contributed by atoms with Crippen molar-refractivity contribution in [2.45, 2.75) is 0 Å². The summed E-state index contributed by atoms with van der Waals surface area (Å²) in [4.78, 5) is 22.8. The number of hydrogen-bond donors (Lipinski definition) is 2. The second-order valence-corrected chi connectivity index (χ2v) is 5.61. The number of nitro groups is 1. The smallest absolute Gasteiger partial charge is 0.315 e. The van der Waals surface area contributed by atoms with Gasteiger partial charge in [-0.25, -0.2) is 0 Å². The minimum absolute atomic E-state index is 0.0776. The van der Waals surface area contributed by atoms with Crippen LogP contribution in [0.15, 0.2) is 24.3 Å². The fourth-order valence-electron chi connectivity index (χ4n) is 2.80. The first-order valence-electron chi connectivity index (χ1n) is 7.74. The van der Waals surface area contributed by atoms with Gasteiger partial charge in [0.25, 0.3) is 5.91 Å². The molecule has 27 heavy (non-hydrogen) atoms. The van der Waals surface area contributed by atoms with Gasteiger partial charge < -0.3 is 24.6 Å². The third kappa shape index (κ3) is 3.10.